The van der Waals surface area contributed by atoms with Crippen molar-refractivity contribution >= 4 is 22.8 Å². The normalized spacial score (nSPS) is 12.1. The van der Waals surface area contributed by atoms with Crippen molar-refractivity contribution in [3.63, 3.8) is 0 Å². The van der Waals surface area contributed by atoms with E-state index in [1.54, 1.807) is 6.08 Å². The van der Waals surface area contributed by atoms with Gasteiger partial charge in [0.2, 0.25) is 0 Å². The van der Waals surface area contributed by atoms with E-state index in [-0.39, 0.29) is 11.6 Å². The standard InChI is InChI=1S/C29H24N2O2/c1-21(23-9-3-2-4-10-23)31-29(32)27(19-30)18-26-13-7-8-14-28(26)33-20-22-15-16-24-11-5-6-12-25(24)17-22/h2-18,21H,20H2,1H3,(H,31,32)/b27-18-/t21-/m0/s1. The summed E-state index contributed by atoms with van der Waals surface area (Å²) in [6, 6.07) is 33.3. The van der Waals surface area contributed by atoms with Crippen LogP contribution < -0.4 is 10.1 Å². The fourth-order valence-corrected chi connectivity index (χ4v) is 3.62. The zero-order chi connectivity index (χ0) is 23.0. The molecule has 1 atom stereocenters. The van der Waals surface area contributed by atoms with E-state index in [1.165, 1.54) is 5.39 Å². The molecule has 0 aliphatic rings. The summed E-state index contributed by atoms with van der Waals surface area (Å²) < 4.78 is 6.06. The van der Waals surface area contributed by atoms with E-state index in [0.717, 1.165) is 16.5 Å². The maximum Gasteiger partial charge on any atom is 0.262 e. The Kier molecular flexibility index (Phi) is 6.82. The molecule has 0 fully saturated rings. The van der Waals surface area contributed by atoms with Crippen LogP contribution >= 0.6 is 0 Å². The minimum atomic E-state index is -0.418. The van der Waals surface area contributed by atoms with Crippen LogP contribution in [0.4, 0.5) is 0 Å². The van der Waals surface area contributed by atoms with Gasteiger partial charge in [-0.1, -0.05) is 84.9 Å². The summed E-state index contributed by atoms with van der Waals surface area (Å²) in [6.45, 7) is 2.28. The molecule has 4 heteroatoms. The minimum Gasteiger partial charge on any atom is -0.488 e. The topological polar surface area (TPSA) is 62.1 Å². The van der Waals surface area contributed by atoms with Crippen molar-refractivity contribution < 1.29 is 9.53 Å². The molecule has 0 saturated carbocycles. The first-order valence-corrected chi connectivity index (χ1v) is 10.8. The molecule has 33 heavy (non-hydrogen) atoms. The van der Waals surface area contributed by atoms with E-state index in [1.807, 2.05) is 85.8 Å². The minimum absolute atomic E-state index is 0.0273. The Morgan fingerprint density at radius 3 is 2.42 bits per heavy atom. The van der Waals surface area contributed by atoms with Crippen molar-refractivity contribution in [1.29, 1.82) is 5.26 Å². The number of nitrogens with zero attached hydrogens (tertiary/aromatic N) is 1. The summed E-state index contributed by atoms with van der Waals surface area (Å²) in [5.41, 5.74) is 2.72. The van der Waals surface area contributed by atoms with Crippen LogP contribution in [0.25, 0.3) is 16.8 Å². The smallest absolute Gasteiger partial charge is 0.262 e. The van der Waals surface area contributed by atoms with E-state index < -0.39 is 5.91 Å². The van der Waals surface area contributed by atoms with Crippen molar-refractivity contribution in [2.24, 2.45) is 0 Å². The molecule has 162 valence electrons. The highest BCUT2D eigenvalue weighted by Gasteiger charge is 2.14. The summed E-state index contributed by atoms with van der Waals surface area (Å²) in [6.07, 6.45) is 1.57. The van der Waals surface area contributed by atoms with Crippen molar-refractivity contribution in [2.45, 2.75) is 19.6 Å². The van der Waals surface area contributed by atoms with Gasteiger partial charge in [-0.25, -0.2) is 0 Å². The van der Waals surface area contributed by atoms with E-state index in [9.17, 15) is 10.1 Å². The summed E-state index contributed by atoms with van der Waals surface area (Å²) in [7, 11) is 0. The van der Waals surface area contributed by atoms with Crippen LogP contribution in [-0.4, -0.2) is 5.91 Å². The first-order valence-electron chi connectivity index (χ1n) is 10.8. The van der Waals surface area contributed by atoms with Gasteiger partial charge in [-0.2, -0.15) is 5.26 Å². The number of nitriles is 1. The molecular weight excluding hydrogens is 408 g/mol. The second kappa shape index (κ2) is 10.3. The highest BCUT2D eigenvalue weighted by molar-refractivity contribution is 6.02. The molecule has 4 nitrogen and oxygen atoms in total. The molecule has 0 bridgehead atoms. The molecule has 1 amide bonds. The third kappa shape index (κ3) is 5.47. The number of nitrogens with one attached hydrogen (secondary N) is 1. The molecule has 1 N–H and O–H groups in total. The van der Waals surface area contributed by atoms with E-state index in [4.69, 9.17) is 4.74 Å². The van der Waals surface area contributed by atoms with Gasteiger partial charge < -0.3 is 10.1 Å². The van der Waals surface area contributed by atoms with Gasteiger partial charge in [0.15, 0.2) is 0 Å². The van der Waals surface area contributed by atoms with Crippen LogP contribution in [0.15, 0.2) is 103 Å². The van der Waals surface area contributed by atoms with Crippen molar-refractivity contribution in [3.8, 4) is 11.8 Å². The lowest BCUT2D eigenvalue weighted by Crippen LogP contribution is -2.27. The molecule has 0 radical (unpaired) electrons. The molecule has 0 saturated heterocycles. The zero-order valence-electron chi connectivity index (χ0n) is 18.4. The third-order valence-electron chi connectivity index (χ3n) is 5.44. The fourth-order valence-electron chi connectivity index (χ4n) is 3.62. The van der Waals surface area contributed by atoms with E-state index in [2.05, 4.69) is 29.6 Å². The number of benzene rings is 4. The second-order valence-electron chi connectivity index (χ2n) is 7.78. The molecule has 4 rings (SSSR count). The van der Waals surface area contributed by atoms with Crippen LogP contribution in [0.2, 0.25) is 0 Å². The van der Waals surface area contributed by atoms with Gasteiger partial charge in [-0.05, 0) is 47.0 Å². The maximum atomic E-state index is 12.7. The first kappa shape index (κ1) is 21.9. The molecule has 4 aromatic rings. The second-order valence-corrected chi connectivity index (χ2v) is 7.78. The number of hydrogen-bond acceptors (Lipinski definition) is 3. The lowest BCUT2D eigenvalue weighted by atomic mass is 10.1. The van der Waals surface area contributed by atoms with E-state index in [0.29, 0.717) is 17.9 Å². The predicted octanol–water partition coefficient (Wildman–Crippen LogP) is 6.20. The van der Waals surface area contributed by atoms with Crippen LogP contribution in [-0.2, 0) is 11.4 Å². The first-order chi connectivity index (χ1) is 16.1. The summed E-state index contributed by atoms with van der Waals surface area (Å²) in [5.74, 6) is 0.195. The average Bonchev–Trinajstić information content (AvgIpc) is 2.86. The highest BCUT2D eigenvalue weighted by atomic mass is 16.5. The van der Waals surface area contributed by atoms with Gasteiger partial charge in [0.1, 0.15) is 24.0 Å². The van der Waals surface area contributed by atoms with Crippen LogP contribution in [0.5, 0.6) is 5.75 Å². The summed E-state index contributed by atoms with van der Waals surface area (Å²) >= 11 is 0. The zero-order valence-corrected chi connectivity index (χ0v) is 18.4. The molecule has 0 heterocycles. The Morgan fingerprint density at radius 2 is 1.64 bits per heavy atom. The third-order valence-corrected chi connectivity index (χ3v) is 5.44. The van der Waals surface area contributed by atoms with Gasteiger partial charge in [0.05, 0.1) is 6.04 Å². The van der Waals surface area contributed by atoms with Gasteiger partial charge in [0, 0.05) is 5.56 Å². The Bertz CT molecular complexity index is 1340. The quantitative estimate of drug-likeness (QED) is 0.279. The van der Waals surface area contributed by atoms with Crippen LogP contribution in [0.3, 0.4) is 0 Å². The van der Waals surface area contributed by atoms with Gasteiger partial charge in [-0.15, -0.1) is 0 Å². The lowest BCUT2D eigenvalue weighted by molar-refractivity contribution is -0.117. The van der Waals surface area contributed by atoms with Crippen molar-refractivity contribution in [1.82, 2.24) is 5.32 Å². The van der Waals surface area contributed by atoms with Crippen molar-refractivity contribution in [3.05, 3.63) is 119 Å². The number of fused-ring (bicyclic) bond motifs is 1. The molecule has 0 unspecified atom stereocenters. The Hall–Kier alpha value is -4.36. The number of ether oxygens (including phenoxy) is 1. The number of amides is 1. The molecule has 0 aromatic heterocycles. The maximum absolute atomic E-state index is 12.7. The largest absolute Gasteiger partial charge is 0.488 e. The fraction of sp³-hybridized carbons (Fsp3) is 0.103. The number of para-hydroxylation sites is 1. The molecular formula is C29H24N2O2. The highest BCUT2D eigenvalue weighted by Crippen LogP contribution is 2.24. The Balaban J connectivity index is 1.50. The summed E-state index contributed by atoms with van der Waals surface area (Å²) in [4.78, 5) is 12.7. The Labute approximate surface area is 193 Å². The predicted molar refractivity (Wildman–Crippen MR) is 131 cm³/mol. The Morgan fingerprint density at radius 1 is 0.939 bits per heavy atom. The lowest BCUT2D eigenvalue weighted by Gasteiger charge is -2.14. The van der Waals surface area contributed by atoms with Gasteiger partial charge in [-0.3, -0.25) is 4.79 Å². The van der Waals surface area contributed by atoms with Crippen LogP contribution in [0.1, 0.15) is 29.7 Å². The monoisotopic (exact) mass is 432 g/mol. The average molecular weight is 433 g/mol. The molecule has 4 aromatic carbocycles. The summed E-state index contributed by atoms with van der Waals surface area (Å²) in [5, 5.41) is 14.8. The number of rotatable bonds is 7. The number of carbonyl (C=O) groups is 1. The molecule has 0 spiro atoms. The van der Waals surface area contributed by atoms with Crippen LogP contribution in [0, 0.1) is 11.3 Å². The number of hydrogen-bond donors (Lipinski definition) is 1. The van der Waals surface area contributed by atoms with Gasteiger partial charge in [0.25, 0.3) is 5.91 Å². The molecule has 0 aliphatic carbocycles. The SMILES string of the molecule is C[C@H](NC(=O)/C(C#N)=C\c1ccccc1OCc1ccc2ccccc2c1)c1ccccc1. The van der Waals surface area contributed by atoms with Crippen molar-refractivity contribution in [2.75, 3.05) is 0 Å². The van der Waals surface area contributed by atoms with Gasteiger partial charge >= 0.3 is 0 Å². The molecule has 0 aliphatic heterocycles. The van der Waals surface area contributed by atoms with E-state index >= 15 is 0 Å². The number of carbonyl (C=O) groups excluding carboxylic acids is 1.